The standard InChI is InChI=1S/C2H6O.BH3O3.K.H/c1-2-3;2-1(3)4;;/h3H,2H2,1H3;2-4H;;/q;;+1;-1. The molecular weight excluding hydrogens is 138 g/mol. The van der Waals surface area contributed by atoms with Crippen molar-refractivity contribution in [2.24, 2.45) is 0 Å². The van der Waals surface area contributed by atoms with E-state index in [-0.39, 0.29) is 59.4 Å². The summed E-state index contributed by atoms with van der Waals surface area (Å²) < 4.78 is 0. The van der Waals surface area contributed by atoms with Crippen LogP contribution in [-0.2, 0) is 0 Å². The minimum absolute atomic E-state index is 0. The molecule has 46 valence electrons. The Morgan fingerprint density at radius 3 is 1.38 bits per heavy atom. The molecule has 4 nitrogen and oxygen atoms in total. The van der Waals surface area contributed by atoms with Gasteiger partial charge in [-0.2, -0.15) is 0 Å². The first-order valence-electron chi connectivity index (χ1n) is 1.80. The van der Waals surface area contributed by atoms with Crippen LogP contribution in [0.5, 0.6) is 0 Å². The van der Waals surface area contributed by atoms with Crippen LogP contribution in [0, 0.1) is 0 Å². The van der Waals surface area contributed by atoms with Crippen LogP contribution in [0.1, 0.15) is 8.35 Å². The maximum atomic E-state index is 7.57. The predicted octanol–water partition coefficient (Wildman–Crippen LogP) is -4.94. The van der Waals surface area contributed by atoms with Gasteiger partial charge in [0.1, 0.15) is 0 Å². The van der Waals surface area contributed by atoms with E-state index in [1.54, 1.807) is 6.92 Å². The minimum atomic E-state index is -2.17. The zero-order chi connectivity index (χ0) is 6.28. The topological polar surface area (TPSA) is 80.9 Å². The second-order valence-electron chi connectivity index (χ2n) is 0.663. The molecule has 0 heterocycles. The zero-order valence-electron chi connectivity index (χ0n) is 6.07. The number of hydrogen-bond acceptors (Lipinski definition) is 4. The molecule has 8 heavy (non-hydrogen) atoms. The van der Waals surface area contributed by atoms with Gasteiger partial charge in [-0.3, -0.25) is 0 Å². The van der Waals surface area contributed by atoms with Gasteiger partial charge in [-0.1, -0.05) is 0 Å². The van der Waals surface area contributed by atoms with Gasteiger partial charge in [0, 0.05) is 6.61 Å². The van der Waals surface area contributed by atoms with E-state index in [4.69, 9.17) is 20.2 Å². The van der Waals surface area contributed by atoms with Crippen molar-refractivity contribution in [3.63, 3.8) is 0 Å². The third kappa shape index (κ3) is 136. The van der Waals surface area contributed by atoms with Crippen LogP contribution in [-0.4, -0.2) is 34.1 Å². The quantitative estimate of drug-likeness (QED) is 0.259. The van der Waals surface area contributed by atoms with Crippen LogP contribution in [0.25, 0.3) is 0 Å². The zero-order valence-corrected chi connectivity index (χ0v) is 8.20. The molecule has 0 aliphatic carbocycles. The predicted molar refractivity (Wildman–Crippen MR) is 26.3 cm³/mol. The number of aliphatic hydroxyl groups excluding tert-OH is 1. The van der Waals surface area contributed by atoms with Crippen molar-refractivity contribution >= 4 is 7.32 Å². The molecule has 0 saturated carbocycles. The average molecular weight is 148 g/mol. The Bertz CT molecular complexity index is 29.8. The Hall–Kier alpha value is 1.54. The van der Waals surface area contributed by atoms with E-state index in [9.17, 15) is 0 Å². The molecule has 0 radical (unpaired) electrons. The van der Waals surface area contributed by atoms with Gasteiger partial charge in [0.15, 0.2) is 0 Å². The Balaban J connectivity index is -0.0000000233. The van der Waals surface area contributed by atoms with Gasteiger partial charge in [-0.05, 0) is 6.92 Å². The molecule has 0 fully saturated rings. The van der Waals surface area contributed by atoms with Gasteiger partial charge in [0.2, 0.25) is 0 Å². The summed E-state index contributed by atoms with van der Waals surface area (Å²) in [6.07, 6.45) is 0. The summed E-state index contributed by atoms with van der Waals surface area (Å²) in [6, 6.07) is 0. The second-order valence-corrected chi connectivity index (χ2v) is 0.663. The number of rotatable bonds is 0. The van der Waals surface area contributed by atoms with Gasteiger partial charge >= 0.3 is 58.7 Å². The fraction of sp³-hybridized carbons (Fsp3) is 1.00. The minimum Gasteiger partial charge on any atom is -1.00 e. The molecular formula is C2H10BKO4. The molecule has 0 saturated heterocycles. The molecule has 0 bridgehead atoms. The molecule has 0 unspecified atom stereocenters. The molecule has 0 rings (SSSR count). The van der Waals surface area contributed by atoms with E-state index >= 15 is 0 Å². The summed E-state index contributed by atoms with van der Waals surface area (Å²) >= 11 is 0. The van der Waals surface area contributed by atoms with Crippen LogP contribution in [0.2, 0.25) is 0 Å². The van der Waals surface area contributed by atoms with Gasteiger partial charge < -0.3 is 21.6 Å². The fourth-order valence-corrected chi connectivity index (χ4v) is 0. The van der Waals surface area contributed by atoms with Crippen LogP contribution in [0.4, 0.5) is 0 Å². The molecule has 0 aromatic carbocycles. The summed E-state index contributed by atoms with van der Waals surface area (Å²) in [6.45, 7) is 1.93. The summed E-state index contributed by atoms with van der Waals surface area (Å²) in [4.78, 5) is 0. The van der Waals surface area contributed by atoms with E-state index in [1.807, 2.05) is 0 Å². The van der Waals surface area contributed by atoms with Crippen LogP contribution in [0.3, 0.4) is 0 Å². The van der Waals surface area contributed by atoms with E-state index < -0.39 is 7.32 Å². The van der Waals surface area contributed by atoms with Crippen molar-refractivity contribution in [2.45, 2.75) is 6.92 Å². The van der Waals surface area contributed by atoms with Crippen LogP contribution >= 0.6 is 0 Å². The largest absolute Gasteiger partial charge is 1.00 e. The summed E-state index contributed by atoms with van der Waals surface area (Å²) in [7, 11) is -2.17. The normalized spacial score (nSPS) is 5.62. The fourth-order valence-electron chi connectivity index (χ4n) is 0. The maximum Gasteiger partial charge on any atom is 1.00 e. The number of aliphatic hydroxyl groups is 1. The summed E-state index contributed by atoms with van der Waals surface area (Å²) in [5.74, 6) is 0. The van der Waals surface area contributed by atoms with Gasteiger partial charge in [-0.15, -0.1) is 0 Å². The Morgan fingerprint density at radius 1 is 1.38 bits per heavy atom. The third-order valence-electron chi connectivity index (χ3n) is 0. The first kappa shape index (κ1) is 16.3. The molecule has 0 spiro atoms. The third-order valence-corrected chi connectivity index (χ3v) is 0. The average Bonchev–Trinajstić information content (AvgIpc) is 1.33. The van der Waals surface area contributed by atoms with Crippen molar-refractivity contribution < 1.29 is 73.0 Å². The molecule has 0 aromatic heterocycles. The monoisotopic (exact) mass is 148 g/mol. The van der Waals surface area contributed by atoms with Crippen LogP contribution < -0.4 is 51.4 Å². The maximum absolute atomic E-state index is 7.57. The Labute approximate surface area is 92.6 Å². The van der Waals surface area contributed by atoms with Crippen molar-refractivity contribution in [3.05, 3.63) is 0 Å². The van der Waals surface area contributed by atoms with Crippen molar-refractivity contribution in [3.8, 4) is 0 Å². The van der Waals surface area contributed by atoms with Crippen LogP contribution in [0.15, 0.2) is 0 Å². The molecule has 6 heteroatoms. The number of hydrogen-bond donors (Lipinski definition) is 4. The molecule has 0 aliphatic heterocycles. The summed E-state index contributed by atoms with van der Waals surface area (Å²) in [5.41, 5.74) is 0. The van der Waals surface area contributed by atoms with E-state index in [1.165, 1.54) is 0 Å². The molecule has 0 aliphatic rings. The van der Waals surface area contributed by atoms with Crippen molar-refractivity contribution in [1.29, 1.82) is 0 Å². The smallest absolute Gasteiger partial charge is 1.00 e. The van der Waals surface area contributed by atoms with Gasteiger partial charge in [-0.25, -0.2) is 0 Å². The molecule has 0 aromatic rings. The Kier molecular flexibility index (Phi) is 32.2. The molecule has 4 N–H and O–H groups in total. The Morgan fingerprint density at radius 2 is 1.38 bits per heavy atom. The first-order chi connectivity index (χ1) is 3.15. The van der Waals surface area contributed by atoms with E-state index in [2.05, 4.69) is 0 Å². The molecule has 0 atom stereocenters. The van der Waals surface area contributed by atoms with Crippen molar-refractivity contribution in [2.75, 3.05) is 6.61 Å². The SMILES string of the molecule is CCO.OB(O)O.[H-].[K+]. The van der Waals surface area contributed by atoms with Crippen molar-refractivity contribution in [1.82, 2.24) is 0 Å². The molecule has 0 amide bonds. The first-order valence-corrected chi connectivity index (χ1v) is 1.80. The summed E-state index contributed by atoms with van der Waals surface area (Å²) in [5, 5.41) is 29.1. The van der Waals surface area contributed by atoms with E-state index in [0.29, 0.717) is 0 Å². The second kappa shape index (κ2) is 15.8. The van der Waals surface area contributed by atoms with Gasteiger partial charge in [0.25, 0.3) is 0 Å². The van der Waals surface area contributed by atoms with Gasteiger partial charge in [0.05, 0.1) is 0 Å². The van der Waals surface area contributed by atoms with E-state index in [0.717, 1.165) is 0 Å².